The van der Waals surface area contributed by atoms with E-state index in [1.54, 1.807) is 18.2 Å². The molecule has 14 heavy (non-hydrogen) atoms. The first-order chi connectivity index (χ1) is 6.67. The van der Waals surface area contributed by atoms with Crippen molar-refractivity contribution in [3.63, 3.8) is 0 Å². The number of hydrogen-bond acceptors (Lipinski definition) is 2. The van der Waals surface area contributed by atoms with Crippen molar-refractivity contribution in [3.8, 4) is 5.75 Å². The molecule has 0 aliphatic heterocycles. The Kier molecular flexibility index (Phi) is 3.96. The summed E-state index contributed by atoms with van der Waals surface area (Å²) in [6.07, 6.45) is 0.478. The largest absolute Gasteiger partial charge is 0.494 e. The second-order valence-electron chi connectivity index (χ2n) is 2.89. The summed E-state index contributed by atoms with van der Waals surface area (Å²) in [5, 5.41) is 0.535. The van der Waals surface area contributed by atoms with E-state index in [9.17, 15) is 4.79 Å². The third kappa shape index (κ3) is 2.74. The Hall–Kier alpha value is -1.02. The molecule has 0 saturated carbocycles. The topological polar surface area (TPSA) is 26.3 Å². The van der Waals surface area contributed by atoms with Gasteiger partial charge < -0.3 is 4.74 Å². The minimum absolute atomic E-state index is 0.0773. The summed E-state index contributed by atoms with van der Waals surface area (Å²) in [5.41, 5.74) is 0.614. The highest BCUT2D eigenvalue weighted by Crippen LogP contribution is 2.21. The Bertz CT molecular complexity index is 334. The Balaban J connectivity index is 3.00. The van der Waals surface area contributed by atoms with E-state index in [2.05, 4.69) is 0 Å². The van der Waals surface area contributed by atoms with Crippen LogP contribution in [0.1, 0.15) is 30.6 Å². The Morgan fingerprint density at radius 3 is 2.64 bits per heavy atom. The average molecular weight is 213 g/mol. The third-order valence-electron chi connectivity index (χ3n) is 1.83. The molecule has 0 amide bonds. The number of Topliss-reactive ketones (excluding diaryl/α,β-unsaturated/α-hetero) is 1. The summed E-state index contributed by atoms with van der Waals surface area (Å²) < 4.78 is 5.29. The fourth-order valence-electron chi connectivity index (χ4n) is 1.18. The maximum absolute atomic E-state index is 11.4. The maximum Gasteiger partial charge on any atom is 0.162 e. The van der Waals surface area contributed by atoms with Crippen LogP contribution >= 0.6 is 11.6 Å². The molecule has 1 rings (SSSR count). The molecule has 0 fully saturated rings. The zero-order chi connectivity index (χ0) is 10.6. The van der Waals surface area contributed by atoms with Gasteiger partial charge in [0.1, 0.15) is 5.75 Å². The SMILES string of the molecule is CCOc1cc(Cl)cc(C(=O)CC)c1. The molecule has 0 saturated heterocycles. The fourth-order valence-corrected chi connectivity index (χ4v) is 1.40. The highest BCUT2D eigenvalue weighted by Gasteiger charge is 2.06. The molecule has 0 heterocycles. The molecule has 0 atom stereocenters. The quantitative estimate of drug-likeness (QED) is 0.716. The van der Waals surface area contributed by atoms with Crippen LogP contribution in [0.3, 0.4) is 0 Å². The second-order valence-corrected chi connectivity index (χ2v) is 3.32. The van der Waals surface area contributed by atoms with Crippen LogP contribution < -0.4 is 4.74 Å². The molecule has 0 bridgehead atoms. The maximum atomic E-state index is 11.4. The zero-order valence-electron chi connectivity index (χ0n) is 8.34. The molecule has 0 radical (unpaired) electrons. The molecule has 2 nitrogen and oxygen atoms in total. The number of benzene rings is 1. The van der Waals surface area contributed by atoms with E-state index in [1.807, 2.05) is 13.8 Å². The van der Waals surface area contributed by atoms with Gasteiger partial charge >= 0.3 is 0 Å². The molecule has 0 aliphatic rings. The molecule has 76 valence electrons. The molecule has 1 aromatic carbocycles. The summed E-state index contributed by atoms with van der Waals surface area (Å²) in [7, 11) is 0. The van der Waals surface area contributed by atoms with Crippen LogP contribution in [0.4, 0.5) is 0 Å². The number of carbonyl (C=O) groups excluding carboxylic acids is 1. The van der Waals surface area contributed by atoms with Crippen LogP contribution in [0.2, 0.25) is 5.02 Å². The standard InChI is InChI=1S/C11H13ClO2/c1-3-11(13)8-5-9(12)7-10(6-8)14-4-2/h5-7H,3-4H2,1-2H3. The van der Waals surface area contributed by atoms with Gasteiger partial charge in [-0.05, 0) is 25.1 Å². The number of ketones is 1. The van der Waals surface area contributed by atoms with Crippen molar-refractivity contribution in [3.05, 3.63) is 28.8 Å². The lowest BCUT2D eigenvalue weighted by atomic mass is 10.1. The molecule has 0 aromatic heterocycles. The van der Waals surface area contributed by atoms with Crippen molar-refractivity contribution in [2.24, 2.45) is 0 Å². The minimum atomic E-state index is 0.0773. The molecule has 0 aliphatic carbocycles. The summed E-state index contributed by atoms with van der Waals surface area (Å²) in [6, 6.07) is 5.09. The van der Waals surface area contributed by atoms with E-state index in [0.717, 1.165) is 0 Å². The van der Waals surface area contributed by atoms with Crippen LogP contribution in [0, 0.1) is 0 Å². The van der Waals surface area contributed by atoms with E-state index in [-0.39, 0.29) is 5.78 Å². The summed E-state index contributed by atoms with van der Waals surface area (Å²) in [6.45, 7) is 4.28. The Morgan fingerprint density at radius 1 is 1.36 bits per heavy atom. The van der Waals surface area contributed by atoms with Gasteiger partial charge in [-0.25, -0.2) is 0 Å². The van der Waals surface area contributed by atoms with Crippen LogP contribution in [0.25, 0.3) is 0 Å². The Morgan fingerprint density at radius 2 is 2.07 bits per heavy atom. The average Bonchev–Trinajstić information content (AvgIpc) is 2.16. The van der Waals surface area contributed by atoms with Crippen LogP contribution in [-0.2, 0) is 0 Å². The van der Waals surface area contributed by atoms with Gasteiger partial charge in [0.2, 0.25) is 0 Å². The lowest BCUT2D eigenvalue weighted by molar-refractivity contribution is 0.0987. The number of ether oxygens (including phenoxy) is 1. The number of carbonyl (C=O) groups is 1. The molecule has 1 aromatic rings. The van der Waals surface area contributed by atoms with Crippen molar-refractivity contribution in [1.82, 2.24) is 0 Å². The van der Waals surface area contributed by atoms with E-state index in [4.69, 9.17) is 16.3 Å². The molecule has 3 heteroatoms. The summed E-state index contributed by atoms with van der Waals surface area (Å²) in [5.74, 6) is 0.727. The first kappa shape index (κ1) is 11.1. The van der Waals surface area contributed by atoms with Gasteiger partial charge in [0.25, 0.3) is 0 Å². The molecule has 0 unspecified atom stereocenters. The lowest BCUT2D eigenvalue weighted by Gasteiger charge is -2.05. The Labute approximate surface area is 88.8 Å². The van der Waals surface area contributed by atoms with Crippen molar-refractivity contribution in [1.29, 1.82) is 0 Å². The van der Waals surface area contributed by atoms with Crippen molar-refractivity contribution >= 4 is 17.4 Å². The smallest absolute Gasteiger partial charge is 0.162 e. The van der Waals surface area contributed by atoms with Gasteiger partial charge in [0.05, 0.1) is 6.61 Å². The predicted octanol–water partition coefficient (Wildman–Crippen LogP) is 3.33. The highest BCUT2D eigenvalue weighted by molar-refractivity contribution is 6.31. The lowest BCUT2D eigenvalue weighted by Crippen LogP contribution is -1.98. The first-order valence-corrected chi connectivity index (χ1v) is 5.01. The molecular weight excluding hydrogens is 200 g/mol. The third-order valence-corrected chi connectivity index (χ3v) is 2.04. The van der Waals surface area contributed by atoms with E-state index in [0.29, 0.717) is 29.4 Å². The van der Waals surface area contributed by atoms with Crippen molar-refractivity contribution < 1.29 is 9.53 Å². The molecule has 0 spiro atoms. The highest BCUT2D eigenvalue weighted by atomic mass is 35.5. The fraction of sp³-hybridized carbons (Fsp3) is 0.364. The van der Waals surface area contributed by atoms with Crippen molar-refractivity contribution in [2.75, 3.05) is 6.61 Å². The second kappa shape index (κ2) is 5.01. The minimum Gasteiger partial charge on any atom is -0.494 e. The predicted molar refractivity (Wildman–Crippen MR) is 57.2 cm³/mol. The monoisotopic (exact) mass is 212 g/mol. The number of rotatable bonds is 4. The van der Waals surface area contributed by atoms with Gasteiger partial charge in [0.15, 0.2) is 5.78 Å². The van der Waals surface area contributed by atoms with Gasteiger partial charge in [-0.1, -0.05) is 18.5 Å². The number of hydrogen-bond donors (Lipinski definition) is 0. The van der Waals surface area contributed by atoms with Crippen LogP contribution in [-0.4, -0.2) is 12.4 Å². The van der Waals surface area contributed by atoms with Gasteiger partial charge in [-0.2, -0.15) is 0 Å². The van der Waals surface area contributed by atoms with Gasteiger partial charge in [-0.15, -0.1) is 0 Å². The van der Waals surface area contributed by atoms with Crippen LogP contribution in [0.5, 0.6) is 5.75 Å². The van der Waals surface area contributed by atoms with E-state index in [1.165, 1.54) is 0 Å². The van der Waals surface area contributed by atoms with E-state index < -0.39 is 0 Å². The molecular formula is C11H13ClO2. The van der Waals surface area contributed by atoms with Gasteiger partial charge in [0, 0.05) is 17.0 Å². The zero-order valence-corrected chi connectivity index (χ0v) is 9.10. The van der Waals surface area contributed by atoms with E-state index >= 15 is 0 Å². The van der Waals surface area contributed by atoms with Gasteiger partial charge in [-0.3, -0.25) is 4.79 Å². The number of halogens is 1. The van der Waals surface area contributed by atoms with Crippen molar-refractivity contribution in [2.45, 2.75) is 20.3 Å². The first-order valence-electron chi connectivity index (χ1n) is 4.64. The summed E-state index contributed by atoms with van der Waals surface area (Å²) >= 11 is 5.85. The molecule has 0 N–H and O–H groups in total. The summed E-state index contributed by atoms with van der Waals surface area (Å²) in [4.78, 5) is 11.4. The normalized spacial score (nSPS) is 9.93. The van der Waals surface area contributed by atoms with Crippen LogP contribution in [0.15, 0.2) is 18.2 Å².